The van der Waals surface area contributed by atoms with E-state index in [-0.39, 0.29) is 23.5 Å². The van der Waals surface area contributed by atoms with Gasteiger partial charge in [0.05, 0.1) is 16.4 Å². The van der Waals surface area contributed by atoms with Gasteiger partial charge in [-0.1, -0.05) is 23.2 Å². The summed E-state index contributed by atoms with van der Waals surface area (Å²) >= 11 is 12.0. The number of hydrogen-bond acceptors (Lipinski definition) is 3. The van der Waals surface area contributed by atoms with Gasteiger partial charge < -0.3 is 9.47 Å². The highest BCUT2D eigenvalue weighted by Crippen LogP contribution is 2.28. The molecule has 1 fully saturated rings. The van der Waals surface area contributed by atoms with Crippen LogP contribution in [0.1, 0.15) is 35.3 Å². The minimum absolute atomic E-state index is 0.0246. The number of hydrogen-bond donors (Lipinski definition) is 0. The van der Waals surface area contributed by atoms with Crippen molar-refractivity contribution in [3.8, 4) is 0 Å². The average molecular weight is 406 g/mol. The van der Waals surface area contributed by atoms with Crippen molar-refractivity contribution < 1.29 is 9.59 Å². The van der Waals surface area contributed by atoms with Gasteiger partial charge in [0.1, 0.15) is 0 Å². The minimum Gasteiger partial charge on any atom is -0.342 e. The van der Waals surface area contributed by atoms with Crippen LogP contribution in [-0.2, 0) is 17.8 Å². The average Bonchev–Trinajstić information content (AvgIpc) is 3.17. The first-order valence-corrected chi connectivity index (χ1v) is 10.1. The fourth-order valence-electron chi connectivity index (χ4n) is 4.09. The van der Waals surface area contributed by atoms with Crippen molar-refractivity contribution >= 4 is 34.9 Å². The fraction of sp³-hybridized carbons (Fsp3) is 0.450. The molecule has 1 aromatic carbocycles. The van der Waals surface area contributed by atoms with Crippen LogP contribution in [0.3, 0.4) is 0 Å². The number of Topliss-reactive ketones (excluding diaryl/α,β-unsaturated/α-hetero) is 1. The van der Waals surface area contributed by atoms with E-state index in [4.69, 9.17) is 23.2 Å². The lowest BCUT2D eigenvalue weighted by Gasteiger charge is -2.35. The van der Waals surface area contributed by atoms with Crippen molar-refractivity contribution in [3.63, 3.8) is 0 Å². The minimum atomic E-state index is -0.0703. The predicted molar refractivity (Wildman–Crippen MR) is 104 cm³/mol. The molecule has 3 heterocycles. The van der Waals surface area contributed by atoms with Gasteiger partial charge in [0.2, 0.25) is 5.91 Å². The highest BCUT2D eigenvalue weighted by atomic mass is 35.5. The van der Waals surface area contributed by atoms with Crippen LogP contribution in [0.15, 0.2) is 30.7 Å². The van der Waals surface area contributed by atoms with Gasteiger partial charge in [-0.05, 0) is 37.5 Å². The number of piperidine rings is 1. The Bertz CT molecular complexity index is 872. The number of rotatable bonds is 3. The highest BCUT2D eigenvalue weighted by molar-refractivity contribution is 6.42. The van der Waals surface area contributed by atoms with Crippen molar-refractivity contribution in [3.05, 3.63) is 52.0 Å². The predicted octanol–water partition coefficient (Wildman–Crippen LogP) is 3.87. The summed E-state index contributed by atoms with van der Waals surface area (Å²) in [6.45, 7) is 2.11. The molecule has 1 saturated heterocycles. The summed E-state index contributed by atoms with van der Waals surface area (Å²) in [7, 11) is 0. The molecular weight excluding hydrogens is 385 g/mol. The lowest BCUT2D eigenvalue weighted by molar-refractivity contribution is -0.137. The van der Waals surface area contributed by atoms with Gasteiger partial charge in [-0.15, -0.1) is 0 Å². The number of amides is 1. The molecule has 2 aliphatic rings. The Morgan fingerprint density at radius 3 is 2.48 bits per heavy atom. The zero-order valence-electron chi connectivity index (χ0n) is 14.9. The van der Waals surface area contributed by atoms with E-state index in [2.05, 4.69) is 9.55 Å². The monoisotopic (exact) mass is 405 g/mol. The van der Waals surface area contributed by atoms with Crippen molar-refractivity contribution in [2.45, 2.75) is 32.2 Å². The number of fused-ring (bicyclic) bond motifs is 1. The van der Waals surface area contributed by atoms with Gasteiger partial charge in [0, 0.05) is 55.3 Å². The molecule has 0 aliphatic carbocycles. The maximum absolute atomic E-state index is 12.9. The molecule has 1 amide bonds. The Balaban J connectivity index is 1.35. The number of nitrogens with zero attached hydrogens (tertiary/aromatic N) is 3. The molecule has 27 heavy (non-hydrogen) atoms. The summed E-state index contributed by atoms with van der Waals surface area (Å²) in [4.78, 5) is 31.7. The van der Waals surface area contributed by atoms with E-state index in [0.29, 0.717) is 41.5 Å². The van der Waals surface area contributed by atoms with Gasteiger partial charge in [0.25, 0.3) is 0 Å². The van der Waals surface area contributed by atoms with Crippen molar-refractivity contribution in [2.24, 2.45) is 11.8 Å². The Morgan fingerprint density at radius 1 is 1.00 bits per heavy atom. The van der Waals surface area contributed by atoms with Gasteiger partial charge in [-0.2, -0.15) is 0 Å². The molecule has 142 valence electrons. The van der Waals surface area contributed by atoms with Crippen LogP contribution >= 0.6 is 23.2 Å². The first kappa shape index (κ1) is 18.5. The van der Waals surface area contributed by atoms with Crippen molar-refractivity contribution in [1.29, 1.82) is 0 Å². The first-order chi connectivity index (χ1) is 13.0. The lowest BCUT2D eigenvalue weighted by Crippen LogP contribution is -2.44. The van der Waals surface area contributed by atoms with Crippen LogP contribution in [0, 0.1) is 11.8 Å². The third kappa shape index (κ3) is 3.76. The smallest absolute Gasteiger partial charge is 0.226 e. The molecule has 0 saturated carbocycles. The molecule has 1 aromatic heterocycles. The molecule has 0 N–H and O–H groups in total. The van der Waals surface area contributed by atoms with Crippen LogP contribution in [-0.4, -0.2) is 39.2 Å². The second kappa shape index (κ2) is 7.64. The molecule has 4 rings (SSSR count). The maximum Gasteiger partial charge on any atom is 0.226 e. The number of imidazole rings is 1. The second-order valence-electron chi connectivity index (χ2n) is 7.36. The van der Waals surface area contributed by atoms with Crippen molar-refractivity contribution in [1.82, 2.24) is 14.5 Å². The SMILES string of the molecule is O=C(c1ccc(Cl)c(Cl)c1)C1CCN(C(=O)C2CCn3cncc3C2)CC1. The number of aryl methyl sites for hydroxylation is 1. The summed E-state index contributed by atoms with van der Waals surface area (Å²) in [6, 6.07) is 5.01. The normalized spacial score (nSPS) is 20.4. The number of halogens is 2. The van der Waals surface area contributed by atoms with E-state index < -0.39 is 0 Å². The maximum atomic E-state index is 12.9. The Kier molecular flexibility index (Phi) is 5.24. The topological polar surface area (TPSA) is 55.2 Å². The van der Waals surface area contributed by atoms with Crippen LogP contribution < -0.4 is 0 Å². The zero-order chi connectivity index (χ0) is 19.0. The standard InChI is InChI=1S/C20H21Cl2N3O2/c21-17-2-1-14(10-18(17)22)19(26)13-3-6-24(7-4-13)20(27)15-5-8-25-12-23-11-16(25)9-15/h1-2,10-13,15H,3-9H2. The Hall–Kier alpha value is -1.85. The number of carbonyl (C=O) groups excluding carboxylic acids is 2. The van der Waals surface area contributed by atoms with Crippen LogP contribution in [0.5, 0.6) is 0 Å². The Morgan fingerprint density at radius 2 is 1.74 bits per heavy atom. The second-order valence-corrected chi connectivity index (χ2v) is 8.18. The summed E-state index contributed by atoms with van der Waals surface area (Å²) in [5, 5.41) is 0.842. The molecule has 5 nitrogen and oxygen atoms in total. The number of carbonyl (C=O) groups is 2. The number of ketones is 1. The molecule has 7 heteroatoms. The van der Waals surface area contributed by atoms with Gasteiger partial charge in [-0.25, -0.2) is 4.98 Å². The molecular formula is C20H21Cl2N3O2. The van der Waals surface area contributed by atoms with Gasteiger partial charge >= 0.3 is 0 Å². The molecule has 2 aliphatic heterocycles. The summed E-state index contributed by atoms with van der Waals surface area (Å²) in [5.74, 6) is 0.251. The quantitative estimate of drug-likeness (QED) is 0.728. The van der Waals surface area contributed by atoms with Gasteiger partial charge in [0.15, 0.2) is 5.78 Å². The number of likely N-dealkylation sites (tertiary alicyclic amines) is 1. The molecule has 0 bridgehead atoms. The van der Waals surface area contributed by atoms with E-state index in [1.54, 1.807) is 18.2 Å². The van der Waals surface area contributed by atoms with Crippen LogP contribution in [0.25, 0.3) is 0 Å². The third-order valence-corrected chi connectivity index (χ3v) is 6.44. The summed E-state index contributed by atoms with van der Waals surface area (Å²) in [5.41, 5.74) is 1.72. The fourth-order valence-corrected chi connectivity index (χ4v) is 4.38. The third-order valence-electron chi connectivity index (χ3n) is 5.70. The van der Waals surface area contributed by atoms with Gasteiger partial charge in [-0.3, -0.25) is 9.59 Å². The summed E-state index contributed by atoms with van der Waals surface area (Å²) < 4.78 is 2.12. The Labute approximate surface area is 168 Å². The van der Waals surface area contributed by atoms with E-state index in [1.807, 2.05) is 17.4 Å². The molecule has 1 unspecified atom stereocenters. The summed E-state index contributed by atoms with van der Waals surface area (Å²) in [6.07, 6.45) is 6.66. The number of aromatic nitrogens is 2. The van der Waals surface area contributed by atoms with Crippen LogP contribution in [0.4, 0.5) is 0 Å². The van der Waals surface area contributed by atoms with E-state index in [0.717, 1.165) is 25.1 Å². The van der Waals surface area contributed by atoms with Crippen LogP contribution in [0.2, 0.25) is 10.0 Å². The largest absolute Gasteiger partial charge is 0.342 e. The van der Waals surface area contributed by atoms with E-state index in [1.165, 1.54) is 0 Å². The first-order valence-electron chi connectivity index (χ1n) is 9.30. The number of benzene rings is 1. The van der Waals surface area contributed by atoms with E-state index in [9.17, 15) is 9.59 Å². The zero-order valence-corrected chi connectivity index (χ0v) is 16.4. The molecule has 1 atom stereocenters. The molecule has 2 aromatic rings. The molecule has 0 radical (unpaired) electrons. The van der Waals surface area contributed by atoms with Crippen molar-refractivity contribution in [2.75, 3.05) is 13.1 Å². The van der Waals surface area contributed by atoms with E-state index >= 15 is 0 Å². The highest BCUT2D eigenvalue weighted by Gasteiger charge is 2.33. The molecule has 0 spiro atoms. The lowest BCUT2D eigenvalue weighted by atomic mass is 9.87.